The van der Waals surface area contributed by atoms with Gasteiger partial charge in [-0.15, -0.1) is 0 Å². The topological polar surface area (TPSA) is 125 Å². The monoisotopic (exact) mass is 463 g/mol. The molecule has 0 amide bonds. The molecule has 0 atom stereocenters. The Morgan fingerprint density at radius 3 is 2.62 bits per heavy atom. The molecule has 176 valence electrons. The first-order valence-corrected chi connectivity index (χ1v) is 13.5. The second-order valence-electron chi connectivity index (χ2n) is 9.50. The van der Waals surface area contributed by atoms with Crippen LogP contribution in [0.3, 0.4) is 0 Å². The summed E-state index contributed by atoms with van der Waals surface area (Å²) in [6, 6.07) is 0.144. The van der Waals surface area contributed by atoms with Crippen LogP contribution in [0.1, 0.15) is 63.1 Å². The molecular weight excluding hydrogens is 430 g/mol. The van der Waals surface area contributed by atoms with E-state index in [2.05, 4.69) is 22.5 Å². The predicted octanol–water partition coefficient (Wildman–Crippen LogP) is 3.88. The van der Waals surface area contributed by atoms with Gasteiger partial charge in [-0.2, -0.15) is 15.7 Å². The molecule has 2 fully saturated rings. The Morgan fingerprint density at radius 2 is 1.94 bits per heavy atom. The minimum atomic E-state index is -2.44. The lowest BCUT2D eigenvalue weighted by Gasteiger charge is -2.39. The van der Waals surface area contributed by atoms with Crippen LogP contribution in [0, 0.1) is 6.92 Å². The number of pyridine rings is 1. The Balaban J connectivity index is 1.50. The van der Waals surface area contributed by atoms with Crippen LogP contribution in [0.25, 0.3) is 11.0 Å². The number of hydrogen-bond acceptors (Lipinski definition) is 8. The fourth-order valence-corrected chi connectivity index (χ4v) is 6.76. The number of nitrogens with one attached hydrogen (secondary N) is 1. The van der Waals surface area contributed by atoms with E-state index in [1.54, 1.807) is 0 Å². The maximum atomic E-state index is 10.0. The summed E-state index contributed by atoms with van der Waals surface area (Å²) in [5, 5.41) is 23.8. The van der Waals surface area contributed by atoms with Gasteiger partial charge in [-0.25, -0.2) is 9.67 Å². The van der Waals surface area contributed by atoms with Gasteiger partial charge in [-0.1, -0.05) is 5.16 Å². The molecule has 10 heteroatoms. The number of aromatic nitrogens is 3. The summed E-state index contributed by atoms with van der Waals surface area (Å²) < 4.78 is 22.0. The fraction of sp³-hybridized carbons (Fsp3) is 0.682. The number of oxime groups is 1. The van der Waals surface area contributed by atoms with Gasteiger partial charge in [0.05, 0.1) is 28.6 Å². The third-order valence-electron chi connectivity index (χ3n) is 7.19. The van der Waals surface area contributed by atoms with Gasteiger partial charge in [-0.05, 0) is 52.4 Å². The maximum absolute atomic E-state index is 10.0. The number of anilines is 1. The number of fused-ring (bicyclic) bond motifs is 1. The van der Waals surface area contributed by atoms with E-state index >= 15 is 0 Å². The summed E-state index contributed by atoms with van der Waals surface area (Å²) in [7, 11) is -2.44. The third-order valence-corrected chi connectivity index (χ3v) is 8.97. The summed E-state index contributed by atoms with van der Waals surface area (Å²) in [6.45, 7) is 4.78. The Bertz CT molecular complexity index is 1030. The van der Waals surface area contributed by atoms with E-state index in [1.807, 2.05) is 17.8 Å². The van der Waals surface area contributed by atoms with E-state index in [9.17, 15) is 14.2 Å². The van der Waals surface area contributed by atoms with Gasteiger partial charge in [0.1, 0.15) is 5.60 Å². The van der Waals surface area contributed by atoms with E-state index < -0.39 is 10.6 Å². The average molecular weight is 464 g/mol. The van der Waals surface area contributed by atoms with Crippen LogP contribution >= 0.6 is 10.6 Å². The molecule has 0 radical (unpaired) electrons. The molecule has 1 saturated heterocycles. The van der Waals surface area contributed by atoms with E-state index in [0.29, 0.717) is 30.8 Å². The zero-order chi connectivity index (χ0) is 22.5. The van der Waals surface area contributed by atoms with Crippen molar-refractivity contribution in [3.8, 4) is 0 Å². The van der Waals surface area contributed by atoms with Gasteiger partial charge in [-0.3, -0.25) is 9.11 Å². The quantitative estimate of drug-likeness (QED) is 0.542. The van der Waals surface area contributed by atoms with Gasteiger partial charge in [0.2, 0.25) is 0 Å². The molecular formula is C22H33N5O4S. The largest absolute Gasteiger partial charge is 0.393 e. The predicted molar refractivity (Wildman–Crippen MR) is 127 cm³/mol. The Kier molecular flexibility index (Phi) is 5.59. The molecule has 2 aromatic heterocycles. The lowest BCUT2D eigenvalue weighted by molar-refractivity contribution is -0.0676. The zero-order valence-corrected chi connectivity index (χ0v) is 19.6. The molecule has 4 N–H and O–H groups in total. The normalized spacial score (nSPS) is 24.5. The number of aliphatic hydroxyl groups is 1. The van der Waals surface area contributed by atoms with Gasteiger partial charge in [0.25, 0.3) is 0 Å². The van der Waals surface area contributed by atoms with Crippen molar-refractivity contribution < 1.29 is 19.0 Å². The van der Waals surface area contributed by atoms with Crippen LogP contribution in [0.15, 0.2) is 11.4 Å². The van der Waals surface area contributed by atoms with Gasteiger partial charge in [0.15, 0.2) is 5.65 Å². The summed E-state index contributed by atoms with van der Waals surface area (Å²) in [5.74, 6) is 0.855. The smallest absolute Gasteiger partial charge is 0.160 e. The second kappa shape index (κ2) is 8.16. The zero-order valence-electron chi connectivity index (χ0n) is 18.8. The molecule has 32 heavy (non-hydrogen) atoms. The van der Waals surface area contributed by atoms with E-state index in [4.69, 9.17) is 9.82 Å². The summed E-state index contributed by atoms with van der Waals surface area (Å²) in [5.41, 5.74) is 4.19. The van der Waals surface area contributed by atoms with Crippen molar-refractivity contribution in [2.75, 3.05) is 16.8 Å². The molecule has 4 heterocycles. The second-order valence-corrected chi connectivity index (χ2v) is 11.9. The molecule has 0 bridgehead atoms. The summed E-state index contributed by atoms with van der Waals surface area (Å²) in [6.07, 6.45) is 6.81. The van der Waals surface area contributed by atoms with Crippen molar-refractivity contribution in [3.05, 3.63) is 17.5 Å². The summed E-state index contributed by atoms with van der Waals surface area (Å²) >= 11 is 0. The molecule has 2 aliphatic heterocycles. The van der Waals surface area contributed by atoms with Crippen molar-refractivity contribution in [3.63, 3.8) is 0 Å². The van der Waals surface area contributed by atoms with Gasteiger partial charge < -0.3 is 15.3 Å². The lowest BCUT2D eigenvalue weighted by Crippen LogP contribution is -2.36. The standard InChI is InChI=1S/C22H33N5O4S/c1-3-27-21-19(14(2)25-27)20(24-15-6-10-32(29,30)11-7-15)17(13-23-21)18-12-22(31-26-18)8-4-16(28)5-9-22/h13,15-16,28-30H,3-12H2,1-2H3,(H,23,24). The molecule has 9 nitrogen and oxygen atoms in total. The van der Waals surface area contributed by atoms with Crippen molar-refractivity contribution in [2.24, 2.45) is 5.16 Å². The van der Waals surface area contributed by atoms with Gasteiger partial charge >= 0.3 is 0 Å². The third kappa shape index (κ3) is 3.98. The Hall–Kier alpha value is -1.88. The number of nitrogens with zero attached hydrogens (tertiary/aromatic N) is 4. The van der Waals surface area contributed by atoms with Crippen LogP contribution in [0.2, 0.25) is 0 Å². The Morgan fingerprint density at radius 1 is 1.22 bits per heavy atom. The van der Waals surface area contributed by atoms with E-state index in [0.717, 1.165) is 65.9 Å². The highest BCUT2D eigenvalue weighted by Crippen LogP contribution is 2.45. The van der Waals surface area contributed by atoms with Crippen molar-refractivity contribution in [2.45, 2.75) is 83.1 Å². The minimum absolute atomic E-state index is 0.144. The number of rotatable bonds is 4. The first-order valence-electron chi connectivity index (χ1n) is 11.6. The molecule has 0 aromatic carbocycles. The van der Waals surface area contributed by atoms with Gasteiger partial charge in [0, 0.05) is 42.3 Å². The number of aliphatic hydroxyl groups excluding tert-OH is 1. The first-order chi connectivity index (χ1) is 15.3. The molecule has 0 unspecified atom stereocenters. The fourth-order valence-electron chi connectivity index (χ4n) is 5.23. The van der Waals surface area contributed by atoms with Crippen molar-refractivity contribution in [1.82, 2.24) is 14.8 Å². The lowest BCUT2D eigenvalue weighted by atomic mass is 9.79. The van der Waals surface area contributed by atoms with Crippen LogP contribution in [-0.2, 0) is 11.4 Å². The van der Waals surface area contributed by atoms with Crippen LogP contribution in [0.5, 0.6) is 0 Å². The molecule has 1 saturated carbocycles. The van der Waals surface area contributed by atoms with Crippen LogP contribution in [-0.4, -0.2) is 63.9 Å². The number of hydrogen-bond donors (Lipinski definition) is 4. The van der Waals surface area contributed by atoms with E-state index in [-0.39, 0.29) is 17.7 Å². The average Bonchev–Trinajstić information content (AvgIpc) is 3.33. The van der Waals surface area contributed by atoms with Crippen LogP contribution in [0.4, 0.5) is 5.69 Å². The van der Waals surface area contributed by atoms with E-state index in [1.165, 1.54) is 0 Å². The highest BCUT2D eigenvalue weighted by molar-refractivity contribution is 8.24. The molecule has 1 aliphatic carbocycles. The Labute approximate surface area is 189 Å². The highest BCUT2D eigenvalue weighted by Gasteiger charge is 2.43. The molecule has 5 rings (SSSR count). The number of aryl methyl sites for hydroxylation is 2. The van der Waals surface area contributed by atoms with Crippen molar-refractivity contribution >= 4 is 33.0 Å². The minimum Gasteiger partial charge on any atom is -0.393 e. The summed E-state index contributed by atoms with van der Waals surface area (Å²) in [4.78, 5) is 10.7. The molecule has 2 aromatic rings. The maximum Gasteiger partial charge on any atom is 0.160 e. The highest BCUT2D eigenvalue weighted by atomic mass is 32.3. The molecule has 1 spiro atoms. The van der Waals surface area contributed by atoms with Crippen molar-refractivity contribution in [1.29, 1.82) is 0 Å². The first kappa shape index (κ1) is 21.9. The SMILES string of the molecule is CCn1nc(C)c2c(NC3CCS(O)(O)CC3)c(C3=NOC4(CCC(O)CC4)C3)cnc21. The van der Waals surface area contributed by atoms with Crippen LogP contribution < -0.4 is 5.32 Å². The molecule has 3 aliphatic rings.